The van der Waals surface area contributed by atoms with Gasteiger partial charge in [0.25, 0.3) is 0 Å². The van der Waals surface area contributed by atoms with E-state index >= 15 is 0 Å². The number of urea groups is 1. The fourth-order valence-electron chi connectivity index (χ4n) is 2.59. The Balaban J connectivity index is 1.60. The topological polar surface area (TPSA) is 83.7 Å². The largest absolute Gasteiger partial charge is 0.485 e. The Morgan fingerprint density at radius 3 is 3.04 bits per heavy atom. The Morgan fingerprint density at radius 1 is 1.50 bits per heavy atom. The van der Waals surface area contributed by atoms with Crippen molar-refractivity contribution in [2.45, 2.75) is 19.4 Å². The highest BCUT2D eigenvalue weighted by molar-refractivity contribution is 5.89. The van der Waals surface area contributed by atoms with E-state index in [-0.39, 0.29) is 12.1 Å². The summed E-state index contributed by atoms with van der Waals surface area (Å²) in [7, 11) is 3.84. The van der Waals surface area contributed by atoms with Gasteiger partial charge in [-0.1, -0.05) is 5.16 Å². The van der Waals surface area contributed by atoms with Crippen LogP contribution in [0.5, 0.6) is 5.75 Å². The van der Waals surface area contributed by atoms with Gasteiger partial charge in [0, 0.05) is 38.8 Å². The molecule has 1 fully saturated rings. The molecule has 128 valence electrons. The Morgan fingerprint density at radius 2 is 2.33 bits per heavy atom. The molecule has 0 aliphatic carbocycles. The zero-order valence-corrected chi connectivity index (χ0v) is 14.0. The minimum absolute atomic E-state index is 0.0583. The molecule has 1 aliphatic heterocycles. The zero-order chi connectivity index (χ0) is 17.1. The van der Waals surface area contributed by atoms with Crippen LogP contribution in [0.15, 0.2) is 29.1 Å². The van der Waals surface area contributed by atoms with Gasteiger partial charge in [0.1, 0.15) is 12.4 Å². The molecule has 2 aromatic heterocycles. The average molecular weight is 331 g/mol. The molecule has 0 aromatic carbocycles. The van der Waals surface area contributed by atoms with Crippen LogP contribution in [0.2, 0.25) is 0 Å². The normalized spacial score (nSPS) is 17.0. The van der Waals surface area contributed by atoms with Crippen molar-refractivity contribution in [3.05, 3.63) is 30.2 Å². The minimum atomic E-state index is -0.197. The summed E-state index contributed by atoms with van der Waals surface area (Å²) in [6, 6.07) is 3.54. The predicted molar refractivity (Wildman–Crippen MR) is 89.4 cm³/mol. The standard InChI is InChI=1S/C16H21N5O3/c1-11-10-23-19-14(11)18-16(22)21-8-6-12(9-21)24-13-5-4-7-17-15(13)20(2)3/h4-5,7,10,12H,6,8-9H2,1-3H3,(H,18,19,22)/t12-/m0/s1. The highest BCUT2D eigenvalue weighted by atomic mass is 16.5. The maximum atomic E-state index is 12.3. The molecule has 2 aromatic rings. The number of carbonyl (C=O) groups is 1. The summed E-state index contributed by atoms with van der Waals surface area (Å²) in [5.74, 6) is 1.95. The molecular weight excluding hydrogens is 310 g/mol. The number of amides is 2. The molecular formula is C16H21N5O3. The lowest BCUT2D eigenvalue weighted by Crippen LogP contribution is -2.34. The smallest absolute Gasteiger partial charge is 0.323 e. The zero-order valence-electron chi connectivity index (χ0n) is 14.0. The lowest BCUT2D eigenvalue weighted by atomic mass is 10.3. The van der Waals surface area contributed by atoms with Crippen LogP contribution in [0.3, 0.4) is 0 Å². The van der Waals surface area contributed by atoms with Crippen molar-refractivity contribution in [1.29, 1.82) is 0 Å². The van der Waals surface area contributed by atoms with Crippen LogP contribution in [0, 0.1) is 6.92 Å². The van der Waals surface area contributed by atoms with Gasteiger partial charge in [-0.3, -0.25) is 5.32 Å². The van der Waals surface area contributed by atoms with Crippen LogP contribution < -0.4 is 15.0 Å². The van der Waals surface area contributed by atoms with E-state index < -0.39 is 0 Å². The summed E-state index contributed by atoms with van der Waals surface area (Å²) in [5, 5.41) is 6.52. The number of carbonyl (C=O) groups excluding carboxylic acids is 1. The SMILES string of the molecule is Cc1conc1NC(=O)N1CC[C@H](Oc2cccnc2N(C)C)C1. The summed E-state index contributed by atoms with van der Waals surface area (Å²) < 4.78 is 10.9. The van der Waals surface area contributed by atoms with Gasteiger partial charge in [-0.15, -0.1) is 0 Å². The van der Waals surface area contributed by atoms with Crippen molar-refractivity contribution in [2.24, 2.45) is 0 Å². The molecule has 0 spiro atoms. The third-order valence-corrected chi connectivity index (χ3v) is 3.87. The molecule has 3 heterocycles. The van der Waals surface area contributed by atoms with Crippen molar-refractivity contribution < 1.29 is 14.1 Å². The van der Waals surface area contributed by atoms with Gasteiger partial charge < -0.3 is 19.1 Å². The van der Waals surface area contributed by atoms with Gasteiger partial charge in [0.15, 0.2) is 17.4 Å². The molecule has 3 rings (SSSR count). The Hall–Kier alpha value is -2.77. The fourth-order valence-corrected chi connectivity index (χ4v) is 2.59. The van der Waals surface area contributed by atoms with E-state index in [2.05, 4.69) is 15.5 Å². The van der Waals surface area contributed by atoms with Gasteiger partial charge >= 0.3 is 6.03 Å². The number of nitrogens with one attached hydrogen (secondary N) is 1. The van der Waals surface area contributed by atoms with Crippen molar-refractivity contribution >= 4 is 17.7 Å². The summed E-state index contributed by atoms with van der Waals surface area (Å²) in [6.45, 7) is 2.97. The van der Waals surface area contributed by atoms with E-state index in [1.807, 2.05) is 38.1 Å². The van der Waals surface area contributed by atoms with Crippen LogP contribution in [-0.4, -0.2) is 54.4 Å². The Kier molecular flexibility index (Phi) is 4.54. The lowest BCUT2D eigenvalue weighted by Gasteiger charge is -2.20. The number of pyridine rings is 1. The van der Waals surface area contributed by atoms with Crippen LogP contribution in [0.4, 0.5) is 16.4 Å². The van der Waals surface area contributed by atoms with Gasteiger partial charge in [-0.2, -0.15) is 0 Å². The third-order valence-electron chi connectivity index (χ3n) is 3.87. The second kappa shape index (κ2) is 6.77. The molecule has 24 heavy (non-hydrogen) atoms. The van der Waals surface area contributed by atoms with Crippen molar-refractivity contribution in [1.82, 2.24) is 15.0 Å². The van der Waals surface area contributed by atoms with Crippen molar-refractivity contribution in [2.75, 3.05) is 37.4 Å². The quantitative estimate of drug-likeness (QED) is 0.924. The lowest BCUT2D eigenvalue weighted by molar-refractivity contribution is 0.194. The number of nitrogens with zero attached hydrogens (tertiary/aromatic N) is 4. The van der Waals surface area contributed by atoms with E-state index in [1.54, 1.807) is 11.1 Å². The molecule has 1 aliphatic rings. The number of anilines is 2. The predicted octanol–water partition coefficient (Wildman–Crippen LogP) is 2.13. The minimum Gasteiger partial charge on any atom is -0.485 e. The van der Waals surface area contributed by atoms with E-state index in [0.717, 1.165) is 23.6 Å². The monoisotopic (exact) mass is 331 g/mol. The molecule has 8 heteroatoms. The van der Waals surface area contributed by atoms with Gasteiger partial charge in [-0.05, 0) is 19.1 Å². The number of rotatable bonds is 4. The molecule has 0 bridgehead atoms. The molecule has 1 saturated heterocycles. The van der Waals surface area contributed by atoms with Crippen LogP contribution >= 0.6 is 0 Å². The van der Waals surface area contributed by atoms with Crippen molar-refractivity contribution in [3.63, 3.8) is 0 Å². The van der Waals surface area contributed by atoms with Gasteiger partial charge in [0.05, 0.1) is 6.54 Å². The number of aromatic nitrogens is 2. The van der Waals surface area contributed by atoms with Crippen molar-refractivity contribution in [3.8, 4) is 5.75 Å². The third kappa shape index (κ3) is 3.42. The Labute approximate surface area is 140 Å². The second-order valence-corrected chi connectivity index (χ2v) is 5.97. The van der Waals surface area contributed by atoms with E-state index in [0.29, 0.717) is 18.9 Å². The summed E-state index contributed by atoms with van der Waals surface area (Å²) in [5.41, 5.74) is 0.793. The molecule has 2 amide bonds. The molecule has 0 radical (unpaired) electrons. The van der Waals surface area contributed by atoms with Gasteiger partial charge in [0.2, 0.25) is 0 Å². The van der Waals surface area contributed by atoms with Gasteiger partial charge in [-0.25, -0.2) is 9.78 Å². The molecule has 0 saturated carbocycles. The molecule has 0 unspecified atom stereocenters. The first-order chi connectivity index (χ1) is 11.5. The first kappa shape index (κ1) is 16.1. The van der Waals surface area contributed by atoms with E-state index in [4.69, 9.17) is 9.26 Å². The molecule has 1 atom stereocenters. The number of likely N-dealkylation sites (tertiary alicyclic amines) is 1. The van der Waals surface area contributed by atoms with E-state index in [1.165, 1.54) is 6.26 Å². The first-order valence-corrected chi connectivity index (χ1v) is 7.80. The molecule has 8 nitrogen and oxygen atoms in total. The van der Waals surface area contributed by atoms with Crippen LogP contribution in [0.25, 0.3) is 0 Å². The first-order valence-electron chi connectivity index (χ1n) is 7.80. The maximum Gasteiger partial charge on any atom is 0.323 e. The summed E-state index contributed by atoms with van der Waals surface area (Å²) in [6.07, 6.45) is 3.94. The summed E-state index contributed by atoms with van der Waals surface area (Å²) in [4.78, 5) is 20.2. The maximum absolute atomic E-state index is 12.3. The number of ether oxygens (including phenoxy) is 1. The van der Waals surface area contributed by atoms with Crippen LogP contribution in [0.1, 0.15) is 12.0 Å². The fraction of sp³-hybridized carbons (Fsp3) is 0.438. The average Bonchev–Trinajstić information content (AvgIpc) is 3.17. The number of aryl methyl sites for hydroxylation is 1. The van der Waals surface area contributed by atoms with Crippen LogP contribution in [-0.2, 0) is 0 Å². The second-order valence-electron chi connectivity index (χ2n) is 5.97. The number of hydrogen-bond acceptors (Lipinski definition) is 6. The summed E-state index contributed by atoms with van der Waals surface area (Å²) >= 11 is 0. The Bertz CT molecular complexity index is 715. The number of hydrogen-bond donors (Lipinski definition) is 1. The highest BCUT2D eigenvalue weighted by Gasteiger charge is 2.29. The highest BCUT2D eigenvalue weighted by Crippen LogP contribution is 2.26. The molecule has 1 N–H and O–H groups in total. The van der Waals surface area contributed by atoms with E-state index in [9.17, 15) is 4.79 Å².